The molecule has 0 radical (unpaired) electrons. The van der Waals surface area contributed by atoms with E-state index in [-0.39, 0.29) is 7.92 Å². The highest BCUT2D eigenvalue weighted by molar-refractivity contribution is 7.63. The molecule has 0 aliphatic heterocycles. The van der Waals surface area contributed by atoms with E-state index >= 15 is 0 Å². The Bertz CT molecular complexity index is 325. The third-order valence-electron chi connectivity index (χ3n) is 5.37. The number of rotatable bonds is 3. The fraction of sp³-hybridized carbons (Fsp3) is 0.778. The molecular weight excluding hydrogens is 247 g/mol. The second kappa shape index (κ2) is 6.57. The molecule has 0 heterocycles. The summed E-state index contributed by atoms with van der Waals surface area (Å²) in [6, 6.07) is 0. The van der Waals surface area contributed by atoms with Gasteiger partial charge in [0, 0.05) is 0 Å². The average molecular weight is 276 g/mol. The van der Waals surface area contributed by atoms with Crippen LogP contribution in [0.2, 0.25) is 0 Å². The van der Waals surface area contributed by atoms with Crippen molar-refractivity contribution >= 4 is 7.92 Å². The van der Waals surface area contributed by atoms with Crippen LogP contribution in [0.4, 0.5) is 0 Å². The van der Waals surface area contributed by atoms with E-state index in [9.17, 15) is 0 Å². The van der Waals surface area contributed by atoms with E-state index in [4.69, 9.17) is 0 Å². The Morgan fingerprint density at radius 1 is 0.842 bits per heavy atom. The third kappa shape index (κ3) is 3.15. The first-order valence-electron chi connectivity index (χ1n) is 8.53. The van der Waals surface area contributed by atoms with Crippen molar-refractivity contribution in [3.63, 3.8) is 0 Å². The van der Waals surface area contributed by atoms with E-state index in [0.717, 1.165) is 17.2 Å². The van der Waals surface area contributed by atoms with Gasteiger partial charge in [0.15, 0.2) is 0 Å². The maximum atomic E-state index is 2.50. The van der Waals surface area contributed by atoms with Crippen LogP contribution >= 0.6 is 7.92 Å². The van der Waals surface area contributed by atoms with Crippen molar-refractivity contribution in [2.45, 2.75) is 82.4 Å². The Labute approximate surface area is 120 Å². The first-order chi connectivity index (χ1) is 9.36. The van der Waals surface area contributed by atoms with Gasteiger partial charge in [-0.05, 0) is 48.2 Å². The highest BCUT2D eigenvalue weighted by Gasteiger charge is 2.35. The molecule has 2 fully saturated rings. The lowest BCUT2D eigenvalue weighted by molar-refractivity contribution is 0.485. The van der Waals surface area contributed by atoms with Gasteiger partial charge < -0.3 is 0 Å². The normalized spacial score (nSPS) is 30.0. The van der Waals surface area contributed by atoms with Gasteiger partial charge in [0.1, 0.15) is 0 Å². The van der Waals surface area contributed by atoms with E-state index in [1.807, 2.05) is 5.31 Å². The number of allylic oxidation sites excluding steroid dienone is 4. The summed E-state index contributed by atoms with van der Waals surface area (Å²) in [5, 5.41) is 1.86. The molecule has 0 spiro atoms. The lowest BCUT2D eigenvalue weighted by Gasteiger charge is -2.40. The fourth-order valence-corrected chi connectivity index (χ4v) is 8.43. The molecule has 2 saturated carbocycles. The molecule has 0 aromatic carbocycles. The van der Waals surface area contributed by atoms with Gasteiger partial charge in [0.25, 0.3) is 0 Å². The molecule has 3 rings (SSSR count). The Hall–Kier alpha value is -0.0900. The summed E-state index contributed by atoms with van der Waals surface area (Å²) in [7, 11) is 0.161. The SMILES string of the molecule is CC1C=CC=C1P(C1CCCCC1)C1CCCCC1. The van der Waals surface area contributed by atoms with Crippen molar-refractivity contribution in [2.24, 2.45) is 5.92 Å². The molecule has 0 bridgehead atoms. The largest absolute Gasteiger partial charge is 0.0772 e. The van der Waals surface area contributed by atoms with Crippen LogP contribution in [0.1, 0.15) is 71.1 Å². The summed E-state index contributed by atoms with van der Waals surface area (Å²) in [5.74, 6) is 0.745. The predicted octanol–water partition coefficient (Wildman–Crippen LogP) is 6.22. The van der Waals surface area contributed by atoms with Crippen molar-refractivity contribution < 1.29 is 0 Å². The topological polar surface area (TPSA) is 0 Å². The first-order valence-corrected chi connectivity index (χ1v) is 10.0. The van der Waals surface area contributed by atoms with Gasteiger partial charge in [-0.2, -0.15) is 0 Å². The minimum absolute atomic E-state index is 0.161. The number of hydrogen-bond donors (Lipinski definition) is 0. The molecule has 1 heteroatoms. The fourth-order valence-electron chi connectivity index (χ4n) is 4.33. The third-order valence-corrected chi connectivity index (χ3v) is 9.13. The molecule has 1 atom stereocenters. The summed E-state index contributed by atoms with van der Waals surface area (Å²) >= 11 is 0. The van der Waals surface area contributed by atoms with Gasteiger partial charge in [-0.3, -0.25) is 0 Å². The monoisotopic (exact) mass is 276 g/mol. The molecule has 1 unspecified atom stereocenters. The highest BCUT2D eigenvalue weighted by Crippen LogP contribution is 2.63. The Balaban J connectivity index is 1.77. The summed E-state index contributed by atoms with van der Waals surface area (Å²) in [5.41, 5.74) is 2.14. The van der Waals surface area contributed by atoms with Crippen LogP contribution in [0.5, 0.6) is 0 Å². The lowest BCUT2D eigenvalue weighted by Crippen LogP contribution is -2.22. The lowest BCUT2D eigenvalue weighted by atomic mass is 9.99. The molecule has 0 saturated heterocycles. The van der Waals surface area contributed by atoms with Crippen molar-refractivity contribution in [2.75, 3.05) is 0 Å². The zero-order valence-corrected chi connectivity index (χ0v) is 13.4. The average Bonchev–Trinajstić information content (AvgIpc) is 2.88. The van der Waals surface area contributed by atoms with Gasteiger partial charge in [0.2, 0.25) is 0 Å². The zero-order valence-electron chi connectivity index (χ0n) is 12.5. The van der Waals surface area contributed by atoms with Gasteiger partial charge in [0.05, 0.1) is 0 Å². The molecule has 19 heavy (non-hydrogen) atoms. The van der Waals surface area contributed by atoms with Crippen LogP contribution < -0.4 is 0 Å². The number of hydrogen-bond acceptors (Lipinski definition) is 0. The molecule has 0 nitrogen and oxygen atoms in total. The zero-order chi connectivity index (χ0) is 13.1. The van der Waals surface area contributed by atoms with Crippen LogP contribution in [-0.4, -0.2) is 11.3 Å². The van der Waals surface area contributed by atoms with E-state index in [1.54, 1.807) is 0 Å². The van der Waals surface area contributed by atoms with E-state index < -0.39 is 0 Å². The standard InChI is InChI=1S/C18H29P/c1-15-9-8-14-18(15)19(16-10-4-2-5-11-16)17-12-6-3-7-13-17/h8-9,14-17H,2-7,10-13H2,1H3. The molecule has 0 amide bonds. The summed E-state index contributed by atoms with van der Waals surface area (Å²) in [6.45, 7) is 2.43. The van der Waals surface area contributed by atoms with Gasteiger partial charge >= 0.3 is 0 Å². The van der Waals surface area contributed by atoms with Crippen molar-refractivity contribution in [1.29, 1.82) is 0 Å². The van der Waals surface area contributed by atoms with Gasteiger partial charge in [-0.15, -0.1) is 0 Å². The summed E-state index contributed by atoms with van der Waals surface area (Å²) < 4.78 is 0. The van der Waals surface area contributed by atoms with Crippen LogP contribution in [0, 0.1) is 5.92 Å². The molecule has 3 aliphatic rings. The first kappa shape index (κ1) is 13.9. The predicted molar refractivity (Wildman–Crippen MR) is 87.1 cm³/mol. The Morgan fingerprint density at radius 2 is 1.37 bits per heavy atom. The molecular formula is C18H29P. The van der Waals surface area contributed by atoms with Crippen molar-refractivity contribution in [3.05, 3.63) is 23.5 Å². The van der Waals surface area contributed by atoms with E-state index in [0.29, 0.717) is 0 Å². The van der Waals surface area contributed by atoms with E-state index in [1.165, 1.54) is 64.2 Å². The van der Waals surface area contributed by atoms with Crippen LogP contribution in [-0.2, 0) is 0 Å². The minimum Gasteiger partial charge on any atom is -0.0772 e. The molecule has 0 aromatic rings. The summed E-state index contributed by atoms with van der Waals surface area (Å²) in [6.07, 6.45) is 22.4. The van der Waals surface area contributed by atoms with Gasteiger partial charge in [-0.1, -0.05) is 71.6 Å². The Kier molecular flexibility index (Phi) is 4.80. The smallest absolute Gasteiger partial charge is 0.000269 e. The van der Waals surface area contributed by atoms with E-state index in [2.05, 4.69) is 25.2 Å². The second-order valence-corrected chi connectivity index (χ2v) is 9.55. The maximum Gasteiger partial charge on any atom is -0.000269 e. The second-order valence-electron chi connectivity index (χ2n) is 6.76. The Morgan fingerprint density at radius 3 is 1.79 bits per heavy atom. The summed E-state index contributed by atoms with van der Waals surface area (Å²) in [4.78, 5) is 0. The van der Waals surface area contributed by atoms with Crippen molar-refractivity contribution in [3.8, 4) is 0 Å². The van der Waals surface area contributed by atoms with Crippen LogP contribution in [0.15, 0.2) is 23.5 Å². The highest BCUT2D eigenvalue weighted by atomic mass is 31.1. The van der Waals surface area contributed by atoms with Crippen LogP contribution in [0.25, 0.3) is 0 Å². The minimum atomic E-state index is 0.161. The molecule has 106 valence electrons. The quantitative estimate of drug-likeness (QED) is 0.536. The van der Waals surface area contributed by atoms with Gasteiger partial charge in [-0.25, -0.2) is 0 Å². The molecule has 0 aromatic heterocycles. The van der Waals surface area contributed by atoms with Crippen LogP contribution in [0.3, 0.4) is 0 Å². The molecule has 0 N–H and O–H groups in total. The maximum absolute atomic E-state index is 2.50. The van der Waals surface area contributed by atoms with Crippen molar-refractivity contribution in [1.82, 2.24) is 0 Å². The molecule has 3 aliphatic carbocycles.